The summed E-state index contributed by atoms with van der Waals surface area (Å²) in [5, 5.41) is 0.164. The molecule has 0 aliphatic carbocycles. The summed E-state index contributed by atoms with van der Waals surface area (Å²) in [6.07, 6.45) is 2.52. The van der Waals surface area contributed by atoms with Gasteiger partial charge < -0.3 is 9.22 Å². The van der Waals surface area contributed by atoms with Crippen LogP contribution in [-0.2, 0) is 9.22 Å². The topological polar surface area (TPSA) is 26.3 Å². The lowest BCUT2D eigenvalue weighted by Crippen LogP contribution is -2.45. The fourth-order valence-electron chi connectivity index (χ4n) is 0.965. The minimum Gasteiger partial charge on any atom is -0.410 e. The average molecular weight is 228 g/mol. The lowest BCUT2D eigenvalue weighted by molar-refractivity contribution is -0.112. The molecule has 0 heterocycles. The summed E-state index contributed by atoms with van der Waals surface area (Å²) in [4.78, 5) is 10.7. The molecule has 0 aromatic heterocycles. The number of hydrogen-bond acceptors (Lipinski definition) is 2. The molecule has 0 saturated carbocycles. The lowest BCUT2D eigenvalue weighted by atomic mass is 10.1. The molecule has 88 valence electrons. The van der Waals surface area contributed by atoms with Gasteiger partial charge in [-0.05, 0) is 18.1 Å². The van der Waals surface area contributed by atoms with Crippen LogP contribution in [-0.4, -0.2) is 20.7 Å². The van der Waals surface area contributed by atoms with E-state index in [9.17, 15) is 4.79 Å². The maximum Gasteiger partial charge on any atom is 0.192 e. The van der Waals surface area contributed by atoms with Crippen LogP contribution in [0.1, 0.15) is 27.7 Å². The van der Waals surface area contributed by atoms with Crippen LogP contribution in [0.3, 0.4) is 0 Å². The smallest absolute Gasteiger partial charge is 0.192 e. The second kappa shape index (κ2) is 5.08. The maximum atomic E-state index is 10.7. The molecule has 0 spiro atoms. The van der Waals surface area contributed by atoms with Crippen molar-refractivity contribution in [2.45, 2.75) is 51.9 Å². The first-order valence-electron chi connectivity index (χ1n) is 5.41. The van der Waals surface area contributed by atoms with Gasteiger partial charge in [0.05, 0.1) is 6.10 Å². The van der Waals surface area contributed by atoms with Crippen molar-refractivity contribution >= 4 is 14.6 Å². The van der Waals surface area contributed by atoms with E-state index in [4.69, 9.17) is 4.43 Å². The lowest BCUT2D eigenvalue weighted by Gasteiger charge is -2.39. The van der Waals surface area contributed by atoms with Gasteiger partial charge in [0.15, 0.2) is 8.32 Å². The molecule has 0 saturated heterocycles. The first-order chi connectivity index (χ1) is 6.65. The summed E-state index contributed by atoms with van der Waals surface area (Å²) >= 11 is 0. The van der Waals surface area contributed by atoms with Gasteiger partial charge in [0.1, 0.15) is 6.29 Å². The molecule has 15 heavy (non-hydrogen) atoms. The van der Waals surface area contributed by atoms with Gasteiger partial charge in [-0.3, -0.25) is 0 Å². The van der Waals surface area contributed by atoms with Gasteiger partial charge in [-0.1, -0.05) is 33.8 Å². The number of carbonyl (C=O) groups excluding carboxylic acids is 1. The van der Waals surface area contributed by atoms with Crippen LogP contribution in [0.15, 0.2) is 12.7 Å². The molecule has 0 unspecified atom stereocenters. The monoisotopic (exact) mass is 228 g/mol. The molecule has 0 rings (SSSR count). The minimum absolute atomic E-state index is 0.114. The highest BCUT2D eigenvalue weighted by molar-refractivity contribution is 6.74. The number of rotatable bonds is 5. The molecular formula is C12H24O2Si. The summed E-state index contributed by atoms with van der Waals surface area (Å²) in [5.41, 5.74) is 0. The molecular weight excluding hydrogens is 204 g/mol. The third kappa shape index (κ3) is 3.91. The highest BCUT2D eigenvalue weighted by Gasteiger charge is 2.39. The predicted molar refractivity (Wildman–Crippen MR) is 67.5 cm³/mol. The third-order valence-electron chi connectivity index (χ3n) is 3.20. The molecule has 0 N–H and O–H groups in total. The van der Waals surface area contributed by atoms with Gasteiger partial charge in [-0.2, -0.15) is 0 Å². The van der Waals surface area contributed by atoms with E-state index in [1.165, 1.54) is 0 Å². The molecule has 0 aliphatic heterocycles. The number of carbonyl (C=O) groups is 1. The Labute approximate surface area is 94.8 Å². The van der Waals surface area contributed by atoms with E-state index in [2.05, 4.69) is 40.4 Å². The molecule has 3 heteroatoms. The van der Waals surface area contributed by atoms with Gasteiger partial charge in [0.25, 0.3) is 0 Å². The number of aldehydes is 1. The molecule has 0 amide bonds. The van der Waals surface area contributed by atoms with Crippen LogP contribution in [0.5, 0.6) is 0 Å². The summed E-state index contributed by atoms with van der Waals surface area (Å²) in [5.74, 6) is -0.114. The second-order valence-corrected chi connectivity index (χ2v) is 10.3. The second-order valence-electron chi connectivity index (χ2n) is 5.57. The Morgan fingerprint density at radius 3 is 2.07 bits per heavy atom. The van der Waals surface area contributed by atoms with Crippen molar-refractivity contribution in [3.8, 4) is 0 Å². The van der Waals surface area contributed by atoms with Gasteiger partial charge in [0.2, 0.25) is 0 Å². The zero-order chi connectivity index (χ0) is 12.3. The fourth-order valence-corrected chi connectivity index (χ4v) is 2.31. The first-order valence-corrected chi connectivity index (χ1v) is 8.32. The van der Waals surface area contributed by atoms with E-state index in [-0.39, 0.29) is 17.1 Å². The molecule has 2 nitrogen and oxygen atoms in total. The molecule has 0 aromatic rings. The van der Waals surface area contributed by atoms with E-state index < -0.39 is 8.32 Å². The summed E-state index contributed by atoms with van der Waals surface area (Å²) in [6.45, 7) is 16.5. The van der Waals surface area contributed by atoms with Crippen molar-refractivity contribution in [2.75, 3.05) is 0 Å². The first kappa shape index (κ1) is 14.6. The highest BCUT2D eigenvalue weighted by Crippen LogP contribution is 2.38. The van der Waals surface area contributed by atoms with Crippen LogP contribution in [0.4, 0.5) is 0 Å². The zero-order valence-electron chi connectivity index (χ0n) is 10.8. The zero-order valence-corrected chi connectivity index (χ0v) is 11.8. The van der Waals surface area contributed by atoms with Gasteiger partial charge >= 0.3 is 0 Å². The standard InChI is InChI=1S/C12H24O2Si/c1-8-11(10(2)9-13)14-15(6,7)12(3,4)5/h8-11H,1H2,2-7H3/t10-,11-/m1/s1. The molecule has 0 aromatic carbocycles. The normalized spacial score (nSPS) is 16.9. The summed E-state index contributed by atoms with van der Waals surface area (Å²) < 4.78 is 6.09. The van der Waals surface area contributed by atoms with Crippen molar-refractivity contribution in [1.29, 1.82) is 0 Å². The van der Waals surface area contributed by atoms with E-state index in [1.807, 2.05) is 6.92 Å². The molecule has 0 fully saturated rings. The Kier molecular flexibility index (Phi) is 4.94. The van der Waals surface area contributed by atoms with Crippen molar-refractivity contribution in [3.63, 3.8) is 0 Å². The van der Waals surface area contributed by atoms with Crippen LogP contribution >= 0.6 is 0 Å². The average Bonchev–Trinajstić information content (AvgIpc) is 2.11. The molecule has 0 aliphatic rings. The molecule has 0 bridgehead atoms. The van der Waals surface area contributed by atoms with Crippen LogP contribution in [0.25, 0.3) is 0 Å². The van der Waals surface area contributed by atoms with Gasteiger partial charge in [-0.25, -0.2) is 0 Å². The highest BCUT2D eigenvalue weighted by atomic mass is 28.4. The minimum atomic E-state index is -1.80. The Morgan fingerprint density at radius 2 is 1.80 bits per heavy atom. The van der Waals surface area contributed by atoms with Crippen molar-refractivity contribution in [3.05, 3.63) is 12.7 Å². The quantitative estimate of drug-likeness (QED) is 0.409. The van der Waals surface area contributed by atoms with Gasteiger partial charge in [-0.15, -0.1) is 6.58 Å². The summed E-state index contributed by atoms with van der Waals surface area (Å²) in [6, 6.07) is 0. The van der Waals surface area contributed by atoms with Crippen LogP contribution in [0.2, 0.25) is 18.1 Å². The molecule has 0 radical (unpaired) electrons. The Hall–Kier alpha value is -0.413. The van der Waals surface area contributed by atoms with Crippen molar-refractivity contribution in [1.82, 2.24) is 0 Å². The van der Waals surface area contributed by atoms with Crippen molar-refractivity contribution in [2.24, 2.45) is 5.92 Å². The maximum absolute atomic E-state index is 10.7. The Balaban J connectivity index is 4.68. The van der Waals surface area contributed by atoms with E-state index in [1.54, 1.807) is 6.08 Å². The third-order valence-corrected chi connectivity index (χ3v) is 7.68. The van der Waals surface area contributed by atoms with E-state index in [0.29, 0.717) is 0 Å². The van der Waals surface area contributed by atoms with E-state index >= 15 is 0 Å². The van der Waals surface area contributed by atoms with Crippen LogP contribution in [0, 0.1) is 5.92 Å². The van der Waals surface area contributed by atoms with Gasteiger partial charge in [0, 0.05) is 5.92 Å². The van der Waals surface area contributed by atoms with E-state index in [0.717, 1.165) is 6.29 Å². The number of hydrogen-bond donors (Lipinski definition) is 0. The van der Waals surface area contributed by atoms with Crippen LogP contribution < -0.4 is 0 Å². The largest absolute Gasteiger partial charge is 0.410 e. The van der Waals surface area contributed by atoms with Crippen molar-refractivity contribution < 1.29 is 9.22 Å². The Morgan fingerprint density at radius 1 is 1.33 bits per heavy atom. The summed E-state index contributed by atoms with van der Waals surface area (Å²) in [7, 11) is -1.80. The Bertz CT molecular complexity index is 228. The fraction of sp³-hybridized carbons (Fsp3) is 0.750. The SMILES string of the molecule is C=C[C@@H](O[Si](C)(C)C(C)(C)C)[C@H](C)C=O. The predicted octanol–water partition coefficient (Wildman–Crippen LogP) is 3.40. The molecule has 2 atom stereocenters.